The first-order chi connectivity index (χ1) is 14.8. The molecule has 162 valence electrons. The van der Waals surface area contributed by atoms with Gasteiger partial charge < -0.3 is 14.4 Å². The third-order valence-corrected chi connectivity index (χ3v) is 6.03. The number of piperazine rings is 1. The number of amides is 2. The normalized spacial score (nSPS) is 14.8. The maximum atomic E-state index is 12.9. The van der Waals surface area contributed by atoms with Crippen LogP contribution in [0.3, 0.4) is 0 Å². The largest absolute Gasteiger partial charge is 0.345 e. The number of hydrogen-bond acceptors (Lipinski definition) is 4. The highest BCUT2D eigenvalue weighted by Crippen LogP contribution is 2.20. The minimum Gasteiger partial charge on any atom is -0.345 e. The summed E-state index contributed by atoms with van der Waals surface area (Å²) in [4.78, 5) is 35.7. The topological polar surface area (TPSA) is 61.7 Å². The summed E-state index contributed by atoms with van der Waals surface area (Å²) in [6.45, 7) is 5.73. The molecule has 2 aromatic carbocycles. The van der Waals surface area contributed by atoms with Crippen molar-refractivity contribution < 1.29 is 9.59 Å². The van der Waals surface area contributed by atoms with E-state index in [1.54, 1.807) is 19.0 Å². The van der Waals surface area contributed by atoms with Crippen molar-refractivity contribution in [2.75, 3.05) is 40.3 Å². The zero-order valence-corrected chi connectivity index (χ0v) is 18.6. The number of hydrogen-bond donors (Lipinski definition) is 0. The second kappa shape index (κ2) is 8.51. The first-order valence-corrected chi connectivity index (χ1v) is 10.6. The summed E-state index contributed by atoms with van der Waals surface area (Å²) in [6.07, 6.45) is 0. The van der Waals surface area contributed by atoms with Gasteiger partial charge in [0.05, 0.1) is 17.6 Å². The van der Waals surface area contributed by atoms with E-state index in [9.17, 15) is 9.59 Å². The molecule has 0 atom stereocenters. The molecule has 2 heterocycles. The van der Waals surface area contributed by atoms with Crippen LogP contribution in [0.2, 0.25) is 0 Å². The second-order valence-corrected chi connectivity index (χ2v) is 8.37. The average Bonchev–Trinajstić information content (AvgIpc) is 3.08. The van der Waals surface area contributed by atoms with Gasteiger partial charge in [-0.2, -0.15) is 0 Å². The number of aryl methyl sites for hydroxylation is 2. The van der Waals surface area contributed by atoms with Crippen LogP contribution >= 0.6 is 0 Å². The molecule has 0 spiro atoms. The smallest absolute Gasteiger partial charge is 0.254 e. The number of imidazole rings is 1. The Labute approximate surface area is 182 Å². The van der Waals surface area contributed by atoms with Gasteiger partial charge in [0, 0.05) is 58.4 Å². The van der Waals surface area contributed by atoms with E-state index in [0.29, 0.717) is 25.2 Å². The fourth-order valence-electron chi connectivity index (χ4n) is 4.07. The molecule has 0 bridgehead atoms. The average molecular weight is 420 g/mol. The minimum atomic E-state index is -0.0245. The van der Waals surface area contributed by atoms with Crippen molar-refractivity contribution in [1.29, 1.82) is 0 Å². The molecular formula is C24H29N5O2. The van der Waals surface area contributed by atoms with Crippen LogP contribution in [0, 0.1) is 6.92 Å². The summed E-state index contributed by atoms with van der Waals surface area (Å²) >= 11 is 0. The van der Waals surface area contributed by atoms with E-state index < -0.39 is 0 Å². The maximum absolute atomic E-state index is 12.9. The first-order valence-electron chi connectivity index (χ1n) is 10.6. The number of carbonyl (C=O) groups excluding carboxylic acids is 2. The molecule has 1 fully saturated rings. The van der Waals surface area contributed by atoms with Crippen molar-refractivity contribution in [3.05, 3.63) is 65.0 Å². The molecule has 31 heavy (non-hydrogen) atoms. The first kappa shape index (κ1) is 21.1. The van der Waals surface area contributed by atoms with Gasteiger partial charge in [0.25, 0.3) is 11.8 Å². The molecule has 2 amide bonds. The molecular weight excluding hydrogens is 390 g/mol. The van der Waals surface area contributed by atoms with E-state index in [2.05, 4.69) is 9.47 Å². The molecule has 1 aliphatic heterocycles. The Balaban J connectivity index is 1.43. The number of rotatable bonds is 4. The Hall–Kier alpha value is -3.19. The van der Waals surface area contributed by atoms with Crippen LogP contribution in [0.1, 0.15) is 32.1 Å². The van der Waals surface area contributed by atoms with Crippen molar-refractivity contribution in [3.63, 3.8) is 0 Å². The van der Waals surface area contributed by atoms with Gasteiger partial charge in [-0.05, 0) is 36.8 Å². The highest BCUT2D eigenvalue weighted by Gasteiger charge is 2.24. The molecule has 7 nitrogen and oxygen atoms in total. The van der Waals surface area contributed by atoms with E-state index in [1.807, 2.05) is 61.3 Å². The third kappa shape index (κ3) is 4.18. The van der Waals surface area contributed by atoms with E-state index in [1.165, 1.54) is 0 Å². The second-order valence-electron chi connectivity index (χ2n) is 8.37. The van der Waals surface area contributed by atoms with E-state index in [-0.39, 0.29) is 11.8 Å². The predicted molar refractivity (Wildman–Crippen MR) is 121 cm³/mol. The summed E-state index contributed by atoms with van der Waals surface area (Å²) in [7, 11) is 5.51. The summed E-state index contributed by atoms with van der Waals surface area (Å²) in [6, 6.07) is 13.4. The van der Waals surface area contributed by atoms with Crippen LogP contribution in [-0.2, 0) is 13.6 Å². The number of carbonyl (C=O) groups is 2. The van der Waals surface area contributed by atoms with Crippen LogP contribution in [-0.4, -0.2) is 76.3 Å². The fourth-order valence-corrected chi connectivity index (χ4v) is 4.07. The summed E-state index contributed by atoms with van der Waals surface area (Å²) in [5.74, 6) is 1.05. The third-order valence-electron chi connectivity index (χ3n) is 6.03. The molecule has 1 saturated heterocycles. The zero-order chi connectivity index (χ0) is 22.1. The van der Waals surface area contributed by atoms with Crippen molar-refractivity contribution in [3.8, 4) is 0 Å². The van der Waals surface area contributed by atoms with Gasteiger partial charge in [0.1, 0.15) is 5.82 Å². The lowest BCUT2D eigenvalue weighted by Crippen LogP contribution is -2.48. The van der Waals surface area contributed by atoms with Crippen LogP contribution < -0.4 is 0 Å². The highest BCUT2D eigenvalue weighted by atomic mass is 16.2. The van der Waals surface area contributed by atoms with Gasteiger partial charge in [0.2, 0.25) is 0 Å². The maximum Gasteiger partial charge on any atom is 0.254 e. The van der Waals surface area contributed by atoms with Gasteiger partial charge in [-0.15, -0.1) is 0 Å². The van der Waals surface area contributed by atoms with Crippen LogP contribution in [0.4, 0.5) is 0 Å². The molecule has 0 aliphatic carbocycles. The summed E-state index contributed by atoms with van der Waals surface area (Å²) < 4.78 is 2.09. The lowest BCUT2D eigenvalue weighted by atomic mass is 10.1. The SMILES string of the molecule is Cc1ccccc1C(=O)N1CCN(Cc2nc3cc(C(=O)N(C)C)ccc3n2C)CC1. The molecule has 0 saturated carbocycles. The lowest BCUT2D eigenvalue weighted by molar-refractivity contribution is 0.0623. The highest BCUT2D eigenvalue weighted by molar-refractivity contribution is 5.97. The zero-order valence-electron chi connectivity index (χ0n) is 18.6. The molecule has 0 N–H and O–H groups in total. The quantitative estimate of drug-likeness (QED) is 0.652. The minimum absolute atomic E-state index is 0.0245. The van der Waals surface area contributed by atoms with Crippen molar-refractivity contribution in [1.82, 2.24) is 24.3 Å². The predicted octanol–water partition coefficient (Wildman–Crippen LogP) is 2.54. The van der Waals surface area contributed by atoms with Gasteiger partial charge in [-0.1, -0.05) is 18.2 Å². The van der Waals surface area contributed by atoms with Crippen molar-refractivity contribution in [2.24, 2.45) is 7.05 Å². The molecule has 3 aromatic rings. The standard InChI is InChI=1S/C24H29N5O2/c1-17-7-5-6-8-19(17)24(31)29-13-11-28(12-14-29)16-22-25-20-15-18(23(30)26(2)3)9-10-21(20)27(22)4/h5-10,15H,11-14,16H2,1-4H3. The van der Waals surface area contributed by atoms with E-state index in [4.69, 9.17) is 4.98 Å². The van der Waals surface area contributed by atoms with Crippen molar-refractivity contribution in [2.45, 2.75) is 13.5 Å². The summed E-state index contributed by atoms with van der Waals surface area (Å²) in [5.41, 5.74) is 4.29. The Morgan fingerprint density at radius 2 is 1.74 bits per heavy atom. The molecule has 0 unspecified atom stereocenters. The molecule has 1 aliphatic rings. The molecule has 1 aromatic heterocycles. The van der Waals surface area contributed by atoms with Crippen LogP contribution in [0.15, 0.2) is 42.5 Å². The Morgan fingerprint density at radius 1 is 1.03 bits per heavy atom. The van der Waals surface area contributed by atoms with Gasteiger partial charge in [0.15, 0.2) is 0 Å². The number of benzene rings is 2. The van der Waals surface area contributed by atoms with Crippen molar-refractivity contribution >= 4 is 22.8 Å². The molecule has 4 rings (SSSR count). The Morgan fingerprint density at radius 3 is 2.42 bits per heavy atom. The van der Waals surface area contributed by atoms with Gasteiger partial charge in [-0.3, -0.25) is 14.5 Å². The summed E-state index contributed by atoms with van der Waals surface area (Å²) in [5, 5.41) is 0. The monoisotopic (exact) mass is 419 g/mol. The fraction of sp³-hybridized carbons (Fsp3) is 0.375. The number of fused-ring (bicyclic) bond motifs is 1. The molecule has 7 heteroatoms. The van der Waals surface area contributed by atoms with E-state index >= 15 is 0 Å². The Bertz CT molecular complexity index is 1130. The number of nitrogens with zero attached hydrogens (tertiary/aromatic N) is 5. The van der Waals surface area contributed by atoms with Gasteiger partial charge in [-0.25, -0.2) is 4.98 Å². The van der Waals surface area contributed by atoms with Crippen LogP contribution in [0.5, 0.6) is 0 Å². The van der Waals surface area contributed by atoms with E-state index in [0.717, 1.165) is 41.1 Å². The molecule has 0 radical (unpaired) electrons. The Kier molecular flexibility index (Phi) is 5.78. The van der Waals surface area contributed by atoms with Crippen LogP contribution in [0.25, 0.3) is 11.0 Å². The lowest BCUT2D eigenvalue weighted by Gasteiger charge is -2.34. The number of aromatic nitrogens is 2. The van der Waals surface area contributed by atoms with Gasteiger partial charge >= 0.3 is 0 Å².